The zero-order chi connectivity index (χ0) is 20.3. The van der Waals surface area contributed by atoms with Crippen LogP contribution in [0.5, 0.6) is 11.5 Å². The van der Waals surface area contributed by atoms with Crippen LogP contribution in [0.15, 0.2) is 52.4 Å². The average Bonchev–Trinajstić information content (AvgIpc) is 2.93. The fraction of sp³-hybridized carbons (Fsp3) is 0.150. The van der Waals surface area contributed by atoms with Gasteiger partial charge < -0.3 is 14.9 Å². The van der Waals surface area contributed by atoms with E-state index in [9.17, 15) is 14.7 Å². The highest BCUT2D eigenvalue weighted by Crippen LogP contribution is 2.37. The SMILES string of the molecule is CCOc1cccc(/C=C2/SC(=Nc3ccc(C(=O)O)cc3)N(C)C2=O)c1O. The van der Waals surface area contributed by atoms with Gasteiger partial charge in [0.25, 0.3) is 5.91 Å². The smallest absolute Gasteiger partial charge is 0.335 e. The molecule has 0 unspecified atom stereocenters. The molecule has 0 spiro atoms. The molecule has 0 atom stereocenters. The molecule has 1 saturated heterocycles. The summed E-state index contributed by atoms with van der Waals surface area (Å²) in [6, 6.07) is 11.2. The Morgan fingerprint density at radius 3 is 2.61 bits per heavy atom. The van der Waals surface area contributed by atoms with Crippen LogP contribution < -0.4 is 4.74 Å². The maximum absolute atomic E-state index is 12.5. The second kappa shape index (κ2) is 8.18. The standard InChI is InChI=1S/C20H18N2O5S/c1-3-27-15-6-4-5-13(17(15)23)11-16-18(24)22(2)20(28-16)21-14-9-7-12(8-10-14)19(25)26/h4-11,23H,3H2,1-2H3,(H,25,26)/b16-11+,21-20?. The fourth-order valence-electron chi connectivity index (χ4n) is 2.51. The van der Waals surface area contributed by atoms with E-state index in [0.29, 0.717) is 33.7 Å². The van der Waals surface area contributed by atoms with Crippen LogP contribution in [-0.4, -0.2) is 45.8 Å². The molecule has 0 saturated carbocycles. The number of likely N-dealkylation sites (N-methyl/N-ethyl adjacent to an activating group) is 1. The van der Waals surface area contributed by atoms with Crippen molar-refractivity contribution in [2.24, 2.45) is 4.99 Å². The van der Waals surface area contributed by atoms with Crippen molar-refractivity contribution >= 4 is 40.6 Å². The Kier molecular flexibility index (Phi) is 5.70. The lowest BCUT2D eigenvalue weighted by Gasteiger charge is -2.08. The van der Waals surface area contributed by atoms with E-state index in [0.717, 1.165) is 0 Å². The zero-order valence-corrected chi connectivity index (χ0v) is 16.1. The second-order valence-electron chi connectivity index (χ2n) is 5.85. The number of rotatable bonds is 5. The van der Waals surface area contributed by atoms with Crippen LogP contribution in [0.1, 0.15) is 22.8 Å². The van der Waals surface area contributed by atoms with Gasteiger partial charge in [-0.3, -0.25) is 9.69 Å². The molecule has 1 aliphatic heterocycles. The van der Waals surface area contributed by atoms with Crippen molar-refractivity contribution in [1.82, 2.24) is 4.90 Å². The van der Waals surface area contributed by atoms with Crippen molar-refractivity contribution in [3.63, 3.8) is 0 Å². The molecule has 1 aliphatic rings. The molecule has 0 aromatic heterocycles. The van der Waals surface area contributed by atoms with Crippen molar-refractivity contribution in [2.75, 3.05) is 13.7 Å². The number of amidine groups is 1. The lowest BCUT2D eigenvalue weighted by molar-refractivity contribution is -0.121. The highest BCUT2D eigenvalue weighted by molar-refractivity contribution is 8.18. The summed E-state index contributed by atoms with van der Waals surface area (Å²) in [5, 5.41) is 19.7. The third-order valence-electron chi connectivity index (χ3n) is 3.96. The number of aromatic carboxylic acids is 1. The number of hydrogen-bond acceptors (Lipinski definition) is 6. The highest BCUT2D eigenvalue weighted by Gasteiger charge is 2.30. The van der Waals surface area contributed by atoms with E-state index in [1.807, 2.05) is 6.92 Å². The van der Waals surface area contributed by atoms with E-state index in [2.05, 4.69) is 4.99 Å². The molecule has 2 N–H and O–H groups in total. The Labute approximate surface area is 166 Å². The van der Waals surface area contributed by atoms with Crippen molar-refractivity contribution in [3.8, 4) is 11.5 Å². The Balaban J connectivity index is 1.88. The number of phenols is 1. The number of amides is 1. The maximum atomic E-state index is 12.5. The number of hydrogen-bond donors (Lipinski definition) is 2. The van der Waals surface area contributed by atoms with Gasteiger partial charge in [-0.2, -0.15) is 0 Å². The quantitative estimate of drug-likeness (QED) is 0.745. The van der Waals surface area contributed by atoms with Gasteiger partial charge in [0.15, 0.2) is 16.7 Å². The molecule has 7 nitrogen and oxygen atoms in total. The molecule has 0 radical (unpaired) electrons. The number of aromatic hydroxyl groups is 1. The van der Waals surface area contributed by atoms with Crippen LogP contribution in [0.4, 0.5) is 5.69 Å². The van der Waals surface area contributed by atoms with Gasteiger partial charge in [0.1, 0.15) is 0 Å². The minimum absolute atomic E-state index is 0.0254. The minimum Gasteiger partial charge on any atom is -0.504 e. The molecular formula is C20H18N2O5S. The summed E-state index contributed by atoms with van der Waals surface area (Å²) < 4.78 is 5.37. The molecule has 1 heterocycles. The fourth-order valence-corrected chi connectivity index (χ4v) is 3.49. The molecule has 0 bridgehead atoms. The minimum atomic E-state index is -1.01. The lowest BCUT2D eigenvalue weighted by atomic mass is 10.1. The van der Waals surface area contributed by atoms with Gasteiger partial charge in [-0.15, -0.1) is 0 Å². The van der Waals surface area contributed by atoms with Crippen molar-refractivity contribution in [1.29, 1.82) is 0 Å². The third-order valence-corrected chi connectivity index (χ3v) is 5.02. The molecule has 0 aliphatic carbocycles. The van der Waals surface area contributed by atoms with Crippen molar-refractivity contribution < 1.29 is 24.5 Å². The van der Waals surface area contributed by atoms with Gasteiger partial charge in [-0.25, -0.2) is 9.79 Å². The van der Waals surface area contributed by atoms with Gasteiger partial charge in [0, 0.05) is 12.6 Å². The normalized spacial score (nSPS) is 16.8. The zero-order valence-electron chi connectivity index (χ0n) is 15.2. The molecule has 2 aromatic carbocycles. The van der Waals surface area contributed by atoms with Crippen LogP contribution in [-0.2, 0) is 4.79 Å². The molecule has 3 rings (SSSR count). The second-order valence-corrected chi connectivity index (χ2v) is 6.86. The largest absolute Gasteiger partial charge is 0.504 e. The monoisotopic (exact) mass is 398 g/mol. The highest BCUT2D eigenvalue weighted by atomic mass is 32.2. The number of aliphatic imine (C=N–C) groups is 1. The number of nitrogens with zero attached hydrogens (tertiary/aromatic N) is 2. The first kappa shape index (κ1) is 19.5. The summed E-state index contributed by atoms with van der Waals surface area (Å²) in [5.74, 6) is -0.927. The Morgan fingerprint density at radius 1 is 1.25 bits per heavy atom. The van der Waals surface area contributed by atoms with Gasteiger partial charge in [-0.05, 0) is 55.1 Å². The molecular weight excluding hydrogens is 380 g/mol. The number of ether oxygens (including phenoxy) is 1. The lowest BCUT2D eigenvalue weighted by Crippen LogP contribution is -2.23. The summed E-state index contributed by atoms with van der Waals surface area (Å²) >= 11 is 1.17. The molecule has 8 heteroatoms. The first-order valence-electron chi connectivity index (χ1n) is 8.45. The predicted molar refractivity (Wildman–Crippen MR) is 108 cm³/mol. The predicted octanol–water partition coefficient (Wildman–Crippen LogP) is 3.72. The summed E-state index contributed by atoms with van der Waals surface area (Å²) in [5.41, 5.74) is 1.18. The van der Waals surface area contributed by atoms with E-state index >= 15 is 0 Å². The summed E-state index contributed by atoms with van der Waals surface area (Å²) in [6.07, 6.45) is 1.59. The number of carbonyl (C=O) groups is 2. The van der Waals surface area contributed by atoms with Crippen LogP contribution in [0.2, 0.25) is 0 Å². The van der Waals surface area contributed by atoms with Crippen LogP contribution in [0.25, 0.3) is 6.08 Å². The number of thioether (sulfide) groups is 1. The van der Waals surface area contributed by atoms with Gasteiger partial charge >= 0.3 is 5.97 Å². The van der Waals surface area contributed by atoms with Gasteiger partial charge in [0.2, 0.25) is 0 Å². The molecule has 1 fully saturated rings. The summed E-state index contributed by atoms with van der Waals surface area (Å²) in [4.78, 5) is 29.7. The number of phenolic OH excluding ortho intramolecular Hbond substituents is 1. The third kappa shape index (κ3) is 4.01. The van der Waals surface area contributed by atoms with Crippen LogP contribution in [0.3, 0.4) is 0 Å². The van der Waals surface area contributed by atoms with E-state index in [1.165, 1.54) is 28.8 Å². The Bertz CT molecular complexity index is 983. The van der Waals surface area contributed by atoms with Crippen molar-refractivity contribution in [2.45, 2.75) is 6.92 Å². The Morgan fingerprint density at radius 2 is 1.96 bits per heavy atom. The molecule has 28 heavy (non-hydrogen) atoms. The summed E-state index contributed by atoms with van der Waals surface area (Å²) in [7, 11) is 1.61. The summed E-state index contributed by atoms with van der Waals surface area (Å²) in [6.45, 7) is 2.24. The van der Waals surface area contributed by atoms with Gasteiger partial charge in [-0.1, -0.05) is 12.1 Å². The van der Waals surface area contributed by atoms with E-state index in [1.54, 1.807) is 43.5 Å². The molecule has 2 aromatic rings. The average molecular weight is 398 g/mol. The first-order chi connectivity index (χ1) is 13.4. The molecule has 144 valence electrons. The number of carboxylic acid groups (broad SMARTS) is 1. The topological polar surface area (TPSA) is 99.4 Å². The number of carbonyl (C=O) groups excluding carboxylic acids is 1. The van der Waals surface area contributed by atoms with Crippen molar-refractivity contribution in [3.05, 3.63) is 58.5 Å². The van der Waals surface area contributed by atoms with E-state index in [4.69, 9.17) is 9.84 Å². The maximum Gasteiger partial charge on any atom is 0.335 e. The number of benzene rings is 2. The number of carboxylic acids is 1. The first-order valence-corrected chi connectivity index (χ1v) is 9.26. The van der Waals surface area contributed by atoms with Gasteiger partial charge in [0.05, 0.1) is 22.8 Å². The van der Waals surface area contributed by atoms with E-state index in [-0.39, 0.29) is 17.2 Å². The Hall–Kier alpha value is -3.26. The molecule has 1 amide bonds. The number of para-hydroxylation sites is 1. The van der Waals surface area contributed by atoms with Crippen LogP contribution in [0, 0.1) is 0 Å². The van der Waals surface area contributed by atoms with Crippen LogP contribution >= 0.6 is 11.8 Å². The van der Waals surface area contributed by atoms with E-state index < -0.39 is 5.97 Å².